The van der Waals surface area contributed by atoms with Crippen LogP contribution in [-0.2, 0) is 4.74 Å². The van der Waals surface area contributed by atoms with Crippen molar-refractivity contribution in [3.63, 3.8) is 0 Å². The molecule has 0 saturated carbocycles. The van der Waals surface area contributed by atoms with E-state index in [9.17, 15) is 4.79 Å². The predicted molar refractivity (Wildman–Crippen MR) is 66.4 cm³/mol. The van der Waals surface area contributed by atoms with Gasteiger partial charge < -0.3 is 4.74 Å². The molecule has 0 spiro atoms. The molecule has 2 aromatic heterocycles. The Morgan fingerprint density at radius 2 is 2.29 bits per heavy atom. The smallest absolute Gasteiger partial charge is 0.348 e. The molecule has 17 heavy (non-hydrogen) atoms. The van der Waals surface area contributed by atoms with E-state index in [0.29, 0.717) is 10.6 Å². The second-order valence-corrected chi connectivity index (χ2v) is 4.54. The Morgan fingerprint density at radius 3 is 2.94 bits per heavy atom. The van der Waals surface area contributed by atoms with Crippen molar-refractivity contribution in [2.75, 3.05) is 7.11 Å². The predicted octanol–water partition coefficient (Wildman–Crippen LogP) is 2.95. The molecule has 0 radical (unpaired) electrons. The average molecular weight is 269 g/mol. The van der Waals surface area contributed by atoms with Gasteiger partial charge in [0.15, 0.2) is 0 Å². The van der Waals surface area contributed by atoms with Crippen LogP contribution in [0.1, 0.15) is 15.2 Å². The molecular weight excluding hydrogens is 260 g/mol. The van der Waals surface area contributed by atoms with E-state index in [1.165, 1.54) is 18.4 Å². The molecule has 2 heterocycles. The molecule has 0 saturated heterocycles. The van der Waals surface area contributed by atoms with Crippen molar-refractivity contribution in [1.82, 2.24) is 9.97 Å². The van der Waals surface area contributed by atoms with E-state index in [-0.39, 0.29) is 11.3 Å². The minimum absolute atomic E-state index is 0.156. The molecular formula is C11H9ClN2O2S. The normalized spacial score (nSPS) is 10.3. The summed E-state index contributed by atoms with van der Waals surface area (Å²) >= 11 is 7.08. The zero-order chi connectivity index (χ0) is 12.4. The summed E-state index contributed by atoms with van der Waals surface area (Å²) in [7, 11) is 1.36. The van der Waals surface area contributed by atoms with Gasteiger partial charge in [-0.3, -0.25) is 0 Å². The van der Waals surface area contributed by atoms with Crippen LogP contribution < -0.4 is 0 Å². The van der Waals surface area contributed by atoms with Crippen LogP contribution in [0.4, 0.5) is 0 Å². The third kappa shape index (κ3) is 2.30. The first-order valence-corrected chi connectivity index (χ1v) is 6.04. The molecule has 0 bridgehead atoms. The summed E-state index contributed by atoms with van der Waals surface area (Å²) in [4.78, 5) is 20.1. The lowest BCUT2D eigenvalue weighted by Gasteiger charge is -2.03. The molecule has 0 unspecified atom stereocenters. The standard InChI is InChI=1S/C11H9ClN2O2S/c1-6-5-17-9(10(15)16-2)8(6)7-3-4-13-11(12)14-7/h3-5H,1-2H3. The van der Waals surface area contributed by atoms with Crippen molar-refractivity contribution in [1.29, 1.82) is 0 Å². The highest BCUT2D eigenvalue weighted by atomic mass is 35.5. The molecule has 0 aliphatic rings. The molecule has 6 heteroatoms. The fourth-order valence-electron chi connectivity index (χ4n) is 1.48. The van der Waals surface area contributed by atoms with Crippen molar-refractivity contribution in [3.8, 4) is 11.3 Å². The first kappa shape index (κ1) is 12.0. The summed E-state index contributed by atoms with van der Waals surface area (Å²) in [6, 6.07) is 1.72. The maximum atomic E-state index is 11.6. The number of rotatable bonds is 2. The largest absolute Gasteiger partial charge is 0.465 e. The number of aromatic nitrogens is 2. The monoisotopic (exact) mass is 268 g/mol. The number of esters is 1. The summed E-state index contributed by atoms with van der Waals surface area (Å²) in [5, 5.41) is 2.04. The number of carbonyl (C=O) groups is 1. The van der Waals surface area contributed by atoms with Crippen molar-refractivity contribution in [2.45, 2.75) is 6.92 Å². The molecule has 0 fully saturated rings. The number of halogens is 1. The number of ether oxygens (including phenoxy) is 1. The number of hydrogen-bond acceptors (Lipinski definition) is 5. The van der Waals surface area contributed by atoms with Crippen LogP contribution in [0.3, 0.4) is 0 Å². The van der Waals surface area contributed by atoms with Gasteiger partial charge in [-0.2, -0.15) is 0 Å². The van der Waals surface area contributed by atoms with E-state index in [2.05, 4.69) is 9.97 Å². The van der Waals surface area contributed by atoms with Crippen LogP contribution in [0, 0.1) is 6.92 Å². The number of aryl methyl sites for hydroxylation is 1. The summed E-state index contributed by atoms with van der Waals surface area (Å²) in [6.07, 6.45) is 1.56. The second kappa shape index (κ2) is 4.81. The Bertz CT molecular complexity index is 568. The summed E-state index contributed by atoms with van der Waals surface area (Å²) in [5.74, 6) is -0.368. The number of thiophene rings is 1. The van der Waals surface area contributed by atoms with Gasteiger partial charge in [-0.25, -0.2) is 14.8 Å². The van der Waals surface area contributed by atoms with Crippen molar-refractivity contribution >= 4 is 28.9 Å². The van der Waals surface area contributed by atoms with Gasteiger partial charge in [0.2, 0.25) is 5.28 Å². The lowest BCUT2D eigenvalue weighted by molar-refractivity contribution is 0.0607. The van der Waals surface area contributed by atoms with E-state index in [1.54, 1.807) is 12.3 Å². The molecule has 4 nitrogen and oxygen atoms in total. The van der Waals surface area contributed by atoms with Gasteiger partial charge in [-0.05, 0) is 35.5 Å². The van der Waals surface area contributed by atoms with E-state index < -0.39 is 0 Å². The quantitative estimate of drug-likeness (QED) is 0.621. The third-order valence-electron chi connectivity index (χ3n) is 2.23. The van der Waals surface area contributed by atoms with Crippen molar-refractivity contribution in [2.24, 2.45) is 0 Å². The number of carbonyl (C=O) groups excluding carboxylic acids is 1. The van der Waals surface area contributed by atoms with Gasteiger partial charge in [0.25, 0.3) is 0 Å². The molecule has 0 aliphatic heterocycles. The minimum atomic E-state index is -0.368. The van der Waals surface area contributed by atoms with Crippen LogP contribution in [0.5, 0.6) is 0 Å². The Hall–Kier alpha value is -1.46. The van der Waals surface area contributed by atoms with Gasteiger partial charge >= 0.3 is 5.97 Å². The fourth-order valence-corrected chi connectivity index (χ4v) is 2.60. The summed E-state index contributed by atoms with van der Waals surface area (Å²) in [5.41, 5.74) is 2.35. The van der Waals surface area contributed by atoms with Crippen LogP contribution in [0.15, 0.2) is 17.6 Å². The number of methoxy groups -OCH3 is 1. The Balaban J connectivity index is 2.58. The molecule has 0 aromatic carbocycles. The van der Waals surface area contributed by atoms with E-state index >= 15 is 0 Å². The van der Waals surface area contributed by atoms with Gasteiger partial charge in [0, 0.05) is 11.8 Å². The lowest BCUT2D eigenvalue weighted by atomic mass is 10.1. The average Bonchev–Trinajstić information content (AvgIpc) is 2.70. The third-order valence-corrected chi connectivity index (χ3v) is 3.49. The van der Waals surface area contributed by atoms with Gasteiger partial charge in [0.05, 0.1) is 12.8 Å². The number of nitrogens with zero attached hydrogens (tertiary/aromatic N) is 2. The highest BCUT2D eigenvalue weighted by molar-refractivity contribution is 7.12. The highest BCUT2D eigenvalue weighted by Crippen LogP contribution is 2.31. The summed E-state index contributed by atoms with van der Waals surface area (Å²) in [6.45, 7) is 1.91. The van der Waals surface area contributed by atoms with Crippen molar-refractivity contribution < 1.29 is 9.53 Å². The first-order chi connectivity index (χ1) is 8.13. The van der Waals surface area contributed by atoms with Crippen LogP contribution in [-0.4, -0.2) is 23.0 Å². The topological polar surface area (TPSA) is 52.1 Å². The zero-order valence-electron chi connectivity index (χ0n) is 9.23. The van der Waals surface area contributed by atoms with E-state index in [1.807, 2.05) is 12.3 Å². The summed E-state index contributed by atoms with van der Waals surface area (Å²) < 4.78 is 4.74. The van der Waals surface area contributed by atoms with Crippen LogP contribution in [0.2, 0.25) is 5.28 Å². The molecule has 2 aromatic rings. The maximum Gasteiger partial charge on any atom is 0.348 e. The van der Waals surface area contributed by atoms with Crippen LogP contribution in [0.25, 0.3) is 11.3 Å². The van der Waals surface area contributed by atoms with E-state index in [0.717, 1.165) is 11.1 Å². The van der Waals surface area contributed by atoms with Gasteiger partial charge in [-0.15, -0.1) is 11.3 Å². The number of hydrogen-bond donors (Lipinski definition) is 0. The Kier molecular flexibility index (Phi) is 3.40. The highest BCUT2D eigenvalue weighted by Gasteiger charge is 2.19. The van der Waals surface area contributed by atoms with Gasteiger partial charge in [-0.1, -0.05) is 0 Å². The molecule has 0 amide bonds. The lowest BCUT2D eigenvalue weighted by Crippen LogP contribution is -2.01. The SMILES string of the molecule is COC(=O)c1scc(C)c1-c1ccnc(Cl)n1. The maximum absolute atomic E-state index is 11.6. The molecule has 0 aliphatic carbocycles. The molecule has 88 valence electrons. The second-order valence-electron chi connectivity index (χ2n) is 3.33. The van der Waals surface area contributed by atoms with Crippen molar-refractivity contribution in [3.05, 3.63) is 33.4 Å². The Morgan fingerprint density at radius 1 is 1.53 bits per heavy atom. The molecule has 0 N–H and O–H groups in total. The minimum Gasteiger partial charge on any atom is -0.465 e. The molecule has 2 rings (SSSR count). The fraction of sp³-hybridized carbons (Fsp3) is 0.182. The van der Waals surface area contributed by atoms with Crippen LogP contribution >= 0.6 is 22.9 Å². The first-order valence-electron chi connectivity index (χ1n) is 4.79. The Labute approximate surface area is 107 Å². The zero-order valence-corrected chi connectivity index (χ0v) is 10.8. The molecule has 0 atom stereocenters. The van der Waals surface area contributed by atoms with E-state index in [4.69, 9.17) is 16.3 Å². The van der Waals surface area contributed by atoms with Gasteiger partial charge in [0.1, 0.15) is 4.88 Å².